The molecule has 0 radical (unpaired) electrons. The van der Waals surface area contributed by atoms with E-state index in [1.165, 1.54) is 0 Å². The highest BCUT2D eigenvalue weighted by Crippen LogP contribution is 2.09. The van der Waals surface area contributed by atoms with Crippen LogP contribution in [0.25, 0.3) is 0 Å². The van der Waals surface area contributed by atoms with Crippen LogP contribution in [0.2, 0.25) is 0 Å². The number of hydrogen-bond donors (Lipinski definition) is 3. The Morgan fingerprint density at radius 3 is 2.88 bits per heavy atom. The number of nitrogens with two attached hydrogens (primary N) is 1. The van der Waals surface area contributed by atoms with Crippen molar-refractivity contribution in [1.82, 2.24) is 9.55 Å². The summed E-state index contributed by atoms with van der Waals surface area (Å²) in [6.07, 6.45) is 0.204. The van der Waals surface area contributed by atoms with E-state index in [9.17, 15) is 14.0 Å². The van der Waals surface area contributed by atoms with Crippen LogP contribution in [-0.2, 0) is 4.74 Å². The van der Waals surface area contributed by atoms with Gasteiger partial charge in [0, 0.05) is 6.42 Å². The molecule has 0 amide bonds. The number of hydrogen-bond acceptors (Lipinski definition) is 5. The van der Waals surface area contributed by atoms with Crippen LogP contribution in [0.15, 0.2) is 15.8 Å². The maximum absolute atomic E-state index is 13.0. The summed E-state index contributed by atoms with van der Waals surface area (Å²) in [6.45, 7) is -0.0389. The summed E-state index contributed by atoms with van der Waals surface area (Å²) in [5.74, 6) is -1.08. The summed E-state index contributed by atoms with van der Waals surface area (Å²) >= 11 is 0. The fourth-order valence-corrected chi connectivity index (χ4v) is 1.31. The van der Waals surface area contributed by atoms with E-state index in [-0.39, 0.29) is 26.2 Å². The third-order valence-corrected chi connectivity index (χ3v) is 2.05. The molecule has 0 aromatic carbocycles. The second-order valence-electron chi connectivity index (χ2n) is 3.27. The van der Waals surface area contributed by atoms with Gasteiger partial charge in [0.05, 0.1) is 19.4 Å². The van der Waals surface area contributed by atoms with Crippen molar-refractivity contribution in [2.45, 2.75) is 12.6 Å². The number of H-pyrrole nitrogens is 1. The van der Waals surface area contributed by atoms with Crippen molar-refractivity contribution in [2.75, 3.05) is 19.8 Å². The monoisotopic (exact) mass is 247 g/mol. The SMILES string of the molecule is NCCC(OCCO)n1cc(F)c(=O)[nH]c1=O. The van der Waals surface area contributed by atoms with Gasteiger partial charge in [0.15, 0.2) is 0 Å². The lowest BCUT2D eigenvalue weighted by Gasteiger charge is -2.18. The quantitative estimate of drug-likeness (QED) is 0.568. The van der Waals surface area contributed by atoms with Crippen LogP contribution >= 0.6 is 0 Å². The predicted molar refractivity (Wildman–Crippen MR) is 57.0 cm³/mol. The average molecular weight is 247 g/mol. The summed E-state index contributed by atoms with van der Waals surface area (Å²) in [6, 6.07) is 0. The second-order valence-corrected chi connectivity index (χ2v) is 3.27. The highest BCUT2D eigenvalue weighted by molar-refractivity contribution is 4.88. The van der Waals surface area contributed by atoms with E-state index in [2.05, 4.69) is 0 Å². The first kappa shape index (κ1) is 13.6. The first-order chi connectivity index (χ1) is 8.10. The van der Waals surface area contributed by atoms with Gasteiger partial charge in [-0.1, -0.05) is 0 Å². The predicted octanol–water partition coefficient (Wildman–Crippen LogP) is -1.47. The van der Waals surface area contributed by atoms with Crippen LogP contribution in [0.4, 0.5) is 4.39 Å². The van der Waals surface area contributed by atoms with Gasteiger partial charge < -0.3 is 15.6 Å². The summed E-state index contributed by atoms with van der Waals surface area (Å²) in [5, 5.41) is 8.62. The van der Waals surface area contributed by atoms with Gasteiger partial charge in [0.2, 0.25) is 5.82 Å². The summed E-state index contributed by atoms with van der Waals surface area (Å²) in [5.41, 5.74) is 3.47. The van der Waals surface area contributed by atoms with Gasteiger partial charge >= 0.3 is 5.69 Å². The highest BCUT2D eigenvalue weighted by atomic mass is 19.1. The van der Waals surface area contributed by atoms with Gasteiger partial charge in [0.1, 0.15) is 6.23 Å². The number of ether oxygens (including phenoxy) is 1. The molecule has 0 fully saturated rings. The molecule has 96 valence electrons. The van der Waals surface area contributed by atoms with E-state index in [0.29, 0.717) is 0 Å². The van der Waals surface area contributed by atoms with Crippen molar-refractivity contribution in [1.29, 1.82) is 0 Å². The largest absolute Gasteiger partial charge is 0.394 e. The summed E-state index contributed by atoms with van der Waals surface area (Å²) < 4.78 is 19.1. The number of aliphatic hydroxyl groups excluding tert-OH is 1. The standard InChI is InChI=1S/C9H14FN3O4/c10-6-5-13(9(16)12-8(6)15)7(1-2-11)17-4-3-14/h5,7,14H,1-4,11H2,(H,12,15,16). The Kier molecular flexibility index (Phi) is 5.01. The van der Waals surface area contributed by atoms with E-state index in [0.717, 1.165) is 10.8 Å². The molecule has 0 aliphatic carbocycles. The molecule has 8 heteroatoms. The Balaban J connectivity index is 3.04. The number of aromatic amines is 1. The van der Waals surface area contributed by atoms with Gasteiger partial charge in [-0.25, -0.2) is 4.79 Å². The zero-order valence-electron chi connectivity index (χ0n) is 9.06. The number of halogens is 1. The molecule has 4 N–H and O–H groups in total. The topological polar surface area (TPSA) is 110 Å². The Hall–Kier alpha value is -1.51. The van der Waals surface area contributed by atoms with Crippen molar-refractivity contribution in [2.24, 2.45) is 5.73 Å². The maximum Gasteiger partial charge on any atom is 0.330 e. The first-order valence-corrected chi connectivity index (χ1v) is 5.03. The van der Waals surface area contributed by atoms with E-state index in [1.807, 2.05) is 4.98 Å². The van der Waals surface area contributed by atoms with Crippen molar-refractivity contribution in [3.05, 3.63) is 32.9 Å². The smallest absolute Gasteiger partial charge is 0.330 e. The van der Waals surface area contributed by atoms with E-state index in [4.69, 9.17) is 15.6 Å². The minimum Gasteiger partial charge on any atom is -0.394 e. The van der Waals surface area contributed by atoms with Gasteiger partial charge in [-0.05, 0) is 6.54 Å². The number of rotatable bonds is 6. The van der Waals surface area contributed by atoms with Crippen molar-refractivity contribution >= 4 is 0 Å². The van der Waals surface area contributed by atoms with Crippen LogP contribution in [0.1, 0.15) is 12.6 Å². The molecular weight excluding hydrogens is 233 g/mol. The average Bonchev–Trinajstić information content (AvgIpc) is 2.29. The first-order valence-electron chi connectivity index (χ1n) is 5.03. The van der Waals surface area contributed by atoms with Gasteiger partial charge in [-0.15, -0.1) is 0 Å². The Morgan fingerprint density at radius 2 is 2.29 bits per heavy atom. The van der Waals surface area contributed by atoms with Gasteiger partial charge in [-0.3, -0.25) is 14.3 Å². The minimum absolute atomic E-state index is 0.0160. The van der Waals surface area contributed by atoms with Crippen molar-refractivity contribution < 1.29 is 14.2 Å². The summed E-state index contributed by atoms with van der Waals surface area (Å²) in [4.78, 5) is 24.1. The van der Waals surface area contributed by atoms with Gasteiger partial charge in [0.25, 0.3) is 5.56 Å². The lowest BCUT2D eigenvalue weighted by Crippen LogP contribution is -2.35. The van der Waals surface area contributed by atoms with E-state index < -0.39 is 23.3 Å². The fraction of sp³-hybridized carbons (Fsp3) is 0.556. The van der Waals surface area contributed by atoms with Crippen LogP contribution in [-0.4, -0.2) is 34.4 Å². The number of nitrogens with zero attached hydrogens (tertiary/aromatic N) is 1. The molecule has 0 spiro atoms. The molecule has 0 aliphatic rings. The molecule has 17 heavy (non-hydrogen) atoms. The normalized spacial score (nSPS) is 12.6. The van der Waals surface area contributed by atoms with Crippen LogP contribution < -0.4 is 17.0 Å². The molecule has 1 aromatic heterocycles. The van der Waals surface area contributed by atoms with E-state index in [1.54, 1.807) is 0 Å². The molecule has 1 atom stereocenters. The van der Waals surface area contributed by atoms with E-state index >= 15 is 0 Å². The Labute approximate surface area is 95.6 Å². The number of nitrogens with one attached hydrogen (secondary N) is 1. The van der Waals surface area contributed by atoms with Crippen LogP contribution in [0.5, 0.6) is 0 Å². The van der Waals surface area contributed by atoms with Crippen molar-refractivity contribution in [3.8, 4) is 0 Å². The van der Waals surface area contributed by atoms with Gasteiger partial charge in [-0.2, -0.15) is 4.39 Å². The minimum atomic E-state index is -1.08. The molecule has 7 nitrogen and oxygen atoms in total. The molecule has 1 aromatic rings. The Bertz CT molecular complexity index is 470. The summed E-state index contributed by atoms with van der Waals surface area (Å²) in [7, 11) is 0. The fourth-order valence-electron chi connectivity index (χ4n) is 1.31. The molecule has 1 rings (SSSR count). The third-order valence-electron chi connectivity index (χ3n) is 2.05. The highest BCUT2D eigenvalue weighted by Gasteiger charge is 2.14. The Morgan fingerprint density at radius 1 is 1.59 bits per heavy atom. The second kappa shape index (κ2) is 6.28. The maximum atomic E-state index is 13.0. The van der Waals surface area contributed by atoms with Crippen LogP contribution in [0, 0.1) is 5.82 Å². The zero-order valence-corrected chi connectivity index (χ0v) is 9.06. The molecule has 0 bridgehead atoms. The molecule has 0 saturated carbocycles. The lowest BCUT2D eigenvalue weighted by molar-refractivity contribution is -0.0219. The van der Waals surface area contributed by atoms with Crippen molar-refractivity contribution in [3.63, 3.8) is 0 Å². The molecule has 0 saturated heterocycles. The molecule has 1 unspecified atom stereocenters. The third kappa shape index (κ3) is 3.48. The number of aromatic nitrogens is 2. The van der Waals surface area contributed by atoms with Crippen LogP contribution in [0.3, 0.4) is 0 Å². The number of aliphatic hydroxyl groups is 1. The zero-order chi connectivity index (χ0) is 12.8. The molecule has 0 aliphatic heterocycles. The molecular formula is C9H14FN3O4. The lowest BCUT2D eigenvalue weighted by atomic mass is 10.3. The molecule has 1 heterocycles.